The Hall–Kier alpha value is -0.870. The first-order chi connectivity index (χ1) is 4.29. The Morgan fingerprint density at radius 3 is 3.11 bits per heavy atom. The van der Waals surface area contributed by atoms with Gasteiger partial charge < -0.3 is 9.42 Å². The zero-order valence-corrected chi connectivity index (χ0v) is 5.24. The lowest BCUT2D eigenvalue weighted by molar-refractivity contribution is 0.404. The SMILES string of the molecule is O=[PH](O)Oc1c[nH]nn1. The maximum absolute atomic E-state index is 9.95. The zero-order valence-electron chi connectivity index (χ0n) is 4.24. The Morgan fingerprint density at radius 1 is 1.89 bits per heavy atom. The third kappa shape index (κ3) is 1.83. The Bertz CT molecular complexity index is 197. The van der Waals surface area contributed by atoms with Crippen LogP contribution in [0.3, 0.4) is 0 Å². The summed E-state index contributed by atoms with van der Waals surface area (Å²) in [5, 5.41) is 8.85. The van der Waals surface area contributed by atoms with Gasteiger partial charge >= 0.3 is 8.25 Å². The van der Waals surface area contributed by atoms with Gasteiger partial charge in [-0.05, 0) is 0 Å². The summed E-state index contributed by atoms with van der Waals surface area (Å²) < 4.78 is 14.2. The summed E-state index contributed by atoms with van der Waals surface area (Å²) in [5.41, 5.74) is 0. The summed E-state index contributed by atoms with van der Waals surface area (Å²) in [6, 6.07) is 0. The number of hydrogen-bond donors (Lipinski definition) is 2. The number of H-pyrrole nitrogens is 1. The van der Waals surface area contributed by atoms with E-state index in [0.29, 0.717) is 0 Å². The highest BCUT2D eigenvalue weighted by atomic mass is 31.1. The predicted molar refractivity (Wildman–Crippen MR) is 28.2 cm³/mol. The van der Waals surface area contributed by atoms with Crippen LogP contribution >= 0.6 is 8.25 Å². The fourth-order valence-electron chi connectivity index (χ4n) is 0.330. The van der Waals surface area contributed by atoms with E-state index in [0.717, 1.165) is 0 Å². The second-order valence-electron chi connectivity index (χ2n) is 1.18. The van der Waals surface area contributed by atoms with Crippen molar-refractivity contribution in [3.05, 3.63) is 6.20 Å². The molecule has 1 atom stereocenters. The van der Waals surface area contributed by atoms with Crippen LogP contribution < -0.4 is 4.52 Å². The third-order valence-corrected chi connectivity index (χ3v) is 0.970. The second kappa shape index (κ2) is 2.61. The molecule has 0 spiro atoms. The van der Waals surface area contributed by atoms with E-state index in [9.17, 15) is 4.57 Å². The highest BCUT2D eigenvalue weighted by molar-refractivity contribution is 7.32. The largest absolute Gasteiger partial charge is 0.404 e. The molecule has 9 heavy (non-hydrogen) atoms. The molecule has 0 aliphatic carbocycles. The lowest BCUT2D eigenvalue weighted by Gasteiger charge is -1.90. The maximum atomic E-state index is 9.95. The van der Waals surface area contributed by atoms with Gasteiger partial charge in [0.1, 0.15) is 0 Å². The molecule has 6 nitrogen and oxygen atoms in total. The van der Waals surface area contributed by atoms with E-state index in [1.54, 1.807) is 0 Å². The van der Waals surface area contributed by atoms with Gasteiger partial charge in [-0.25, -0.2) is 4.57 Å². The van der Waals surface area contributed by atoms with E-state index < -0.39 is 8.25 Å². The molecular formula is C2H4N3O3P. The average Bonchev–Trinajstić information content (AvgIpc) is 2.15. The molecule has 1 aromatic heterocycles. The van der Waals surface area contributed by atoms with Crippen LogP contribution in [0.2, 0.25) is 0 Å². The lowest BCUT2D eigenvalue weighted by atomic mass is 10.9. The van der Waals surface area contributed by atoms with Gasteiger partial charge in [-0.15, -0.1) is 0 Å². The van der Waals surface area contributed by atoms with Crippen LogP contribution in [0.25, 0.3) is 0 Å². The van der Waals surface area contributed by atoms with Gasteiger partial charge in [0, 0.05) is 0 Å². The van der Waals surface area contributed by atoms with Crippen molar-refractivity contribution in [1.82, 2.24) is 15.4 Å². The van der Waals surface area contributed by atoms with Crippen LogP contribution in [0.15, 0.2) is 6.20 Å². The van der Waals surface area contributed by atoms with Crippen molar-refractivity contribution >= 4 is 8.25 Å². The van der Waals surface area contributed by atoms with Crippen LogP contribution in [0.4, 0.5) is 0 Å². The van der Waals surface area contributed by atoms with Crippen molar-refractivity contribution in [2.45, 2.75) is 0 Å². The number of nitrogens with one attached hydrogen (secondary N) is 1. The number of hydrogen-bond acceptors (Lipinski definition) is 4. The summed E-state index contributed by atoms with van der Waals surface area (Å²) >= 11 is 0. The first-order valence-corrected chi connectivity index (χ1v) is 3.32. The molecule has 1 unspecified atom stereocenters. The average molecular weight is 149 g/mol. The van der Waals surface area contributed by atoms with Crippen molar-refractivity contribution in [3.8, 4) is 5.88 Å². The molecule has 1 rings (SSSR count). The standard InChI is InChI=1S/C2H4N3O3P/c6-9(7)8-2-1-3-5-4-2/h1,9H,(H,6,7)(H,3,4,5). The fraction of sp³-hybridized carbons (Fsp3) is 0. The van der Waals surface area contributed by atoms with E-state index in [1.165, 1.54) is 6.20 Å². The summed E-state index contributed by atoms with van der Waals surface area (Å²) in [4.78, 5) is 8.17. The van der Waals surface area contributed by atoms with E-state index >= 15 is 0 Å². The quantitative estimate of drug-likeness (QED) is 0.556. The van der Waals surface area contributed by atoms with Gasteiger partial charge in [-0.1, -0.05) is 10.3 Å². The monoisotopic (exact) mass is 149 g/mol. The molecule has 0 saturated heterocycles. The van der Waals surface area contributed by atoms with Crippen LogP contribution in [-0.2, 0) is 4.57 Å². The van der Waals surface area contributed by atoms with Crippen molar-refractivity contribution in [2.24, 2.45) is 0 Å². The fourth-order valence-corrected chi connectivity index (χ4v) is 0.609. The van der Waals surface area contributed by atoms with Gasteiger partial charge in [0.05, 0.1) is 6.20 Å². The molecule has 0 bridgehead atoms. The molecule has 0 fully saturated rings. The van der Waals surface area contributed by atoms with Crippen molar-refractivity contribution in [2.75, 3.05) is 0 Å². The van der Waals surface area contributed by atoms with E-state index in [-0.39, 0.29) is 5.88 Å². The van der Waals surface area contributed by atoms with Gasteiger partial charge in [0.2, 0.25) is 0 Å². The van der Waals surface area contributed by atoms with Crippen LogP contribution in [0.5, 0.6) is 5.88 Å². The van der Waals surface area contributed by atoms with Gasteiger partial charge in [0.25, 0.3) is 5.88 Å². The second-order valence-corrected chi connectivity index (χ2v) is 1.92. The number of nitrogens with zero attached hydrogens (tertiary/aromatic N) is 2. The summed E-state index contributed by atoms with van der Waals surface area (Å²) in [7, 11) is -2.93. The molecule has 0 aromatic carbocycles. The molecule has 1 heterocycles. The Kier molecular flexibility index (Phi) is 1.81. The third-order valence-electron chi connectivity index (χ3n) is 0.586. The van der Waals surface area contributed by atoms with Crippen LogP contribution in [0, 0.1) is 0 Å². The molecule has 1 aromatic rings. The van der Waals surface area contributed by atoms with Crippen LogP contribution in [0.1, 0.15) is 0 Å². The predicted octanol–water partition coefficient (Wildman–Crippen LogP) is -0.435. The molecule has 7 heteroatoms. The minimum atomic E-state index is -2.93. The van der Waals surface area contributed by atoms with Gasteiger partial charge in [-0.3, -0.25) is 5.10 Å². The minimum Gasteiger partial charge on any atom is -0.404 e. The molecule has 2 N–H and O–H groups in total. The maximum Gasteiger partial charge on any atom is 0.366 e. The smallest absolute Gasteiger partial charge is 0.366 e. The summed E-state index contributed by atoms with van der Waals surface area (Å²) in [5.74, 6) is 0.0291. The molecular weight excluding hydrogens is 145 g/mol. The zero-order chi connectivity index (χ0) is 6.69. The van der Waals surface area contributed by atoms with E-state index in [4.69, 9.17) is 4.89 Å². The molecule has 0 saturated carbocycles. The normalized spacial score (nSPS) is 13.0. The van der Waals surface area contributed by atoms with E-state index in [1.807, 2.05) is 0 Å². The molecule has 50 valence electrons. The summed E-state index contributed by atoms with van der Waals surface area (Å²) in [6.45, 7) is 0. The molecule has 0 amide bonds. The number of aromatic amines is 1. The number of rotatable bonds is 2. The topological polar surface area (TPSA) is 88.1 Å². The number of aromatic nitrogens is 3. The first kappa shape index (κ1) is 6.25. The highest BCUT2D eigenvalue weighted by Crippen LogP contribution is 2.17. The van der Waals surface area contributed by atoms with Crippen molar-refractivity contribution < 1.29 is 14.0 Å². The molecule has 0 aliphatic heterocycles. The van der Waals surface area contributed by atoms with Gasteiger partial charge in [-0.2, -0.15) is 0 Å². The van der Waals surface area contributed by atoms with Crippen molar-refractivity contribution in [1.29, 1.82) is 0 Å². The van der Waals surface area contributed by atoms with Crippen LogP contribution in [-0.4, -0.2) is 20.3 Å². The van der Waals surface area contributed by atoms with E-state index in [2.05, 4.69) is 19.9 Å². The first-order valence-electron chi connectivity index (χ1n) is 2.06. The molecule has 0 radical (unpaired) electrons. The summed E-state index contributed by atoms with van der Waals surface area (Å²) in [6.07, 6.45) is 1.28. The van der Waals surface area contributed by atoms with Gasteiger partial charge in [0.15, 0.2) is 0 Å². The minimum absolute atomic E-state index is 0.0291. The lowest BCUT2D eigenvalue weighted by Crippen LogP contribution is -1.78. The molecule has 0 aliphatic rings. The highest BCUT2D eigenvalue weighted by Gasteiger charge is 1.96. The van der Waals surface area contributed by atoms with Crippen molar-refractivity contribution in [3.63, 3.8) is 0 Å². The Labute approximate surface area is 50.8 Å². The Balaban J connectivity index is 2.58. The Morgan fingerprint density at radius 2 is 2.67 bits per heavy atom.